The molecule has 1 heterocycles. The minimum absolute atomic E-state index is 0.662. The highest BCUT2D eigenvalue weighted by Gasteiger charge is 2.18. The van der Waals surface area contributed by atoms with E-state index >= 15 is 0 Å². The molecular formula is C17H11Br2ClO. The largest absolute Gasteiger partial charge is 0.454 e. The summed E-state index contributed by atoms with van der Waals surface area (Å²) < 4.78 is 8.10. The third-order valence-corrected chi connectivity index (χ3v) is 4.80. The summed E-state index contributed by atoms with van der Waals surface area (Å²) in [7, 11) is 0. The zero-order valence-corrected chi connectivity index (χ0v) is 15.1. The highest BCUT2D eigenvalue weighted by atomic mass is 79.9. The average Bonchev–Trinajstić information content (AvgIpc) is 2.78. The normalized spacial score (nSPS) is 10.9. The monoisotopic (exact) mass is 424 g/mol. The molecule has 0 radical (unpaired) electrons. The van der Waals surface area contributed by atoms with Crippen molar-refractivity contribution in [3.63, 3.8) is 0 Å². The van der Waals surface area contributed by atoms with E-state index in [1.807, 2.05) is 55.5 Å². The fourth-order valence-electron chi connectivity index (χ4n) is 2.16. The van der Waals surface area contributed by atoms with Gasteiger partial charge >= 0.3 is 0 Å². The molecule has 4 heteroatoms. The Balaban J connectivity index is 2.11. The maximum absolute atomic E-state index is 6.45. The predicted octanol–water partition coefficient (Wildman–Crippen LogP) is 7.10. The fraction of sp³-hybridized carbons (Fsp3) is 0.0588. The average molecular weight is 427 g/mol. The smallest absolute Gasteiger partial charge is 0.153 e. The fourth-order valence-corrected chi connectivity index (χ4v) is 2.92. The lowest BCUT2D eigenvalue weighted by Gasteiger charge is -2.00. The zero-order chi connectivity index (χ0) is 15.0. The van der Waals surface area contributed by atoms with Gasteiger partial charge in [0.25, 0.3) is 0 Å². The summed E-state index contributed by atoms with van der Waals surface area (Å²) in [4.78, 5) is 0. The molecule has 21 heavy (non-hydrogen) atoms. The summed E-state index contributed by atoms with van der Waals surface area (Å²) >= 11 is 13.3. The molecule has 1 nitrogen and oxygen atoms in total. The van der Waals surface area contributed by atoms with Gasteiger partial charge in [-0.15, -0.1) is 0 Å². The molecule has 3 rings (SSSR count). The van der Waals surface area contributed by atoms with Crippen molar-refractivity contribution in [2.75, 3.05) is 0 Å². The van der Waals surface area contributed by atoms with Crippen molar-refractivity contribution < 1.29 is 4.42 Å². The van der Waals surface area contributed by atoms with E-state index in [0.717, 1.165) is 31.4 Å². The molecule has 0 aliphatic rings. The van der Waals surface area contributed by atoms with E-state index in [9.17, 15) is 0 Å². The maximum Gasteiger partial charge on any atom is 0.153 e. The second-order valence-corrected chi connectivity index (χ2v) is 6.92. The molecule has 3 aromatic rings. The van der Waals surface area contributed by atoms with Gasteiger partial charge in [-0.1, -0.05) is 67.7 Å². The standard InChI is InChI=1S/C17H11Br2ClO/c1-10-15(20)17(12-4-8-14(19)9-5-12)21-16(10)11-2-6-13(18)7-3-11/h2-9H,1H3. The van der Waals surface area contributed by atoms with Crippen LogP contribution in [-0.2, 0) is 0 Å². The first kappa shape index (κ1) is 14.9. The van der Waals surface area contributed by atoms with Gasteiger partial charge in [-0.25, -0.2) is 0 Å². The minimum Gasteiger partial charge on any atom is -0.454 e. The molecule has 0 aliphatic heterocycles. The molecule has 1 aromatic heterocycles. The van der Waals surface area contributed by atoms with Crippen LogP contribution < -0.4 is 0 Å². The summed E-state index contributed by atoms with van der Waals surface area (Å²) in [6.45, 7) is 1.98. The Bertz CT molecular complexity index is 708. The lowest BCUT2D eigenvalue weighted by molar-refractivity contribution is 0.596. The van der Waals surface area contributed by atoms with E-state index in [0.29, 0.717) is 10.8 Å². The molecule has 0 fully saturated rings. The molecule has 0 unspecified atom stereocenters. The van der Waals surface area contributed by atoms with E-state index in [2.05, 4.69) is 31.9 Å². The van der Waals surface area contributed by atoms with E-state index in [-0.39, 0.29) is 0 Å². The Kier molecular flexibility index (Phi) is 4.25. The summed E-state index contributed by atoms with van der Waals surface area (Å²) in [5.74, 6) is 1.52. The SMILES string of the molecule is Cc1c(-c2ccc(Br)cc2)oc(-c2ccc(Br)cc2)c1Cl. The van der Waals surface area contributed by atoms with Gasteiger partial charge in [0.2, 0.25) is 0 Å². The van der Waals surface area contributed by atoms with Crippen LogP contribution in [0.1, 0.15) is 5.56 Å². The summed E-state index contributed by atoms with van der Waals surface area (Å²) in [6, 6.07) is 15.9. The molecule has 0 N–H and O–H groups in total. The number of hydrogen-bond acceptors (Lipinski definition) is 1. The van der Waals surface area contributed by atoms with Crippen LogP contribution in [0.25, 0.3) is 22.6 Å². The van der Waals surface area contributed by atoms with Crippen LogP contribution in [0.4, 0.5) is 0 Å². The van der Waals surface area contributed by atoms with E-state index in [4.69, 9.17) is 16.0 Å². The topological polar surface area (TPSA) is 13.1 Å². The zero-order valence-electron chi connectivity index (χ0n) is 11.2. The van der Waals surface area contributed by atoms with E-state index in [1.165, 1.54) is 0 Å². The van der Waals surface area contributed by atoms with Gasteiger partial charge in [0.05, 0.1) is 5.02 Å². The first-order chi connectivity index (χ1) is 10.1. The second kappa shape index (κ2) is 5.99. The van der Waals surface area contributed by atoms with Crippen molar-refractivity contribution >= 4 is 43.5 Å². The summed E-state index contributed by atoms with van der Waals surface area (Å²) in [5, 5.41) is 0.662. The molecule has 0 amide bonds. The molecule has 0 saturated carbocycles. The lowest BCUT2D eigenvalue weighted by atomic mass is 10.1. The van der Waals surface area contributed by atoms with Crippen molar-refractivity contribution in [3.05, 3.63) is 68.1 Å². The van der Waals surface area contributed by atoms with Crippen molar-refractivity contribution in [2.45, 2.75) is 6.92 Å². The molecule has 0 atom stereocenters. The Morgan fingerprint density at radius 3 is 1.67 bits per heavy atom. The van der Waals surface area contributed by atoms with Crippen molar-refractivity contribution in [1.29, 1.82) is 0 Å². The van der Waals surface area contributed by atoms with E-state index in [1.54, 1.807) is 0 Å². The van der Waals surface area contributed by atoms with Gasteiger partial charge in [0, 0.05) is 25.6 Å². The van der Waals surface area contributed by atoms with Gasteiger partial charge in [-0.3, -0.25) is 0 Å². The number of furan rings is 1. The van der Waals surface area contributed by atoms with Gasteiger partial charge in [-0.05, 0) is 31.2 Å². The summed E-state index contributed by atoms with van der Waals surface area (Å²) in [5.41, 5.74) is 2.94. The predicted molar refractivity (Wildman–Crippen MR) is 94.7 cm³/mol. The summed E-state index contributed by atoms with van der Waals surface area (Å²) in [6.07, 6.45) is 0. The van der Waals surface area contributed by atoms with Crippen LogP contribution in [0.3, 0.4) is 0 Å². The Labute approximate surface area is 145 Å². The Morgan fingerprint density at radius 2 is 1.19 bits per heavy atom. The van der Waals surface area contributed by atoms with Crippen LogP contribution in [0.5, 0.6) is 0 Å². The third kappa shape index (κ3) is 2.96. The van der Waals surface area contributed by atoms with Gasteiger partial charge < -0.3 is 4.42 Å². The lowest BCUT2D eigenvalue weighted by Crippen LogP contribution is -1.76. The molecule has 2 aromatic carbocycles. The number of rotatable bonds is 2. The first-order valence-corrected chi connectivity index (χ1v) is 8.33. The Morgan fingerprint density at radius 1 is 0.762 bits per heavy atom. The van der Waals surface area contributed by atoms with Crippen molar-refractivity contribution in [2.24, 2.45) is 0 Å². The van der Waals surface area contributed by atoms with Gasteiger partial charge in [0.15, 0.2) is 5.76 Å². The highest BCUT2D eigenvalue weighted by Crippen LogP contribution is 2.40. The second-order valence-electron chi connectivity index (χ2n) is 4.71. The third-order valence-electron chi connectivity index (χ3n) is 3.29. The number of hydrogen-bond donors (Lipinski definition) is 0. The molecular weight excluding hydrogens is 415 g/mol. The Hall–Kier alpha value is -1.03. The van der Waals surface area contributed by atoms with Crippen molar-refractivity contribution in [1.82, 2.24) is 0 Å². The number of benzene rings is 2. The number of halogens is 3. The van der Waals surface area contributed by atoms with Gasteiger partial charge in [0.1, 0.15) is 5.76 Å². The molecule has 0 saturated heterocycles. The minimum atomic E-state index is 0.662. The van der Waals surface area contributed by atoms with Crippen LogP contribution in [0.2, 0.25) is 5.02 Å². The van der Waals surface area contributed by atoms with Crippen LogP contribution >= 0.6 is 43.5 Å². The molecule has 0 aliphatic carbocycles. The molecule has 106 valence electrons. The van der Waals surface area contributed by atoms with Crippen molar-refractivity contribution in [3.8, 4) is 22.6 Å². The first-order valence-electron chi connectivity index (χ1n) is 6.37. The van der Waals surface area contributed by atoms with Crippen LogP contribution in [-0.4, -0.2) is 0 Å². The van der Waals surface area contributed by atoms with Crippen LogP contribution in [0.15, 0.2) is 61.9 Å². The molecule has 0 bridgehead atoms. The van der Waals surface area contributed by atoms with E-state index < -0.39 is 0 Å². The van der Waals surface area contributed by atoms with Crippen LogP contribution in [0, 0.1) is 6.92 Å². The maximum atomic E-state index is 6.45. The van der Waals surface area contributed by atoms with Gasteiger partial charge in [-0.2, -0.15) is 0 Å². The highest BCUT2D eigenvalue weighted by molar-refractivity contribution is 9.10. The molecule has 0 spiro atoms. The quantitative estimate of drug-likeness (QED) is 0.426.